The lowest BCUT2D eigenvalue weighted by atomic mass is 10.1. The molecule has 0 saturated heterocycles. The molecule has 0 amide bonds. The standard InChI is InChI=1S/C13H15F5N2O3/c1-22-9-8(11(21)23-2)20(19-10(9)13(16,17)18)6-7-3-4-12(14,15)5-7/h7H,3-6H2,1-2H3. The third kappa shape index (κ3) is 3.56. The summed E-state index contributed by atoms with van der Waals surface area (Å²) in [6.07, 6.45) is -5.51. The van der Waals surface area contributed by atoms with Gasteiger partial charge in [-0.2, -0.15) is 18.3 Å². The molecule has 0 aliphatic heterocycles. The first-order valence-electron chi connectivity index (χ1n) is 6.77. The van der Waals surface area contributed by atoms with Crippen molar-refractivity contribution < 1.29 is 36.2 Å². The molecule has 5 nitrogen and oxygen atoms in total. The molecule has 1 heterocycles. The lowest BCUT2D eigenvalue weighted by Crippen LogP contribution is -2.18. The maximum absolute atomic E-state index is 13.2. The summed E-state index contributed by atoms with van der Waals surface area (Å²) in [6.45, 7) is -0.244. The molecule has 1 aromatic rings. The largest absolute Gasteiger partial charge is 0.492 e. The minimum absolute atomic E-state index is 0.136. The maximum atomic E-state index is 13.2. The molecule has 0 N–H and O–H groups in total. The van der Waals surface area contributed by atoms with Crippen LogP contribution < -0.4 is 4.74 Å². The second-order valence-corrected chi connectivity index (χ2v) is 5.37. The summed E-state index contributed by atoms with van der Waals surface area (Å²) < 4.78 is 75.4. The number of hydrogen-bond donors (Lipinski definition) is 0. The van der Waals surface area contributed by atoms with E-state index in [1.165, 1.54) is 0 Å². The van der Waals surface area contributed by atoms with Gasteiger partial charge in [0.2, 0.25) is 11.6 Å². The quantitative estimate of drug-likeness (QED) is 0.623. The molecular weight excluding hydrogens is 327 g/mol. The summed E-state index contributed by atoms with van der Waals surface area (Å²) in [5.41, 5.74) is -1.91. The number of esters is 1. The first-order valence-corrected chi connectivity index (χ1v) is 6.77. The van der Waals surface area contributed by atoms with Crippen molar-refractivity contribution in [3.8, 4) is 5.75 Å². The second-order valence-electron chi connectivity index (χ2n) is 5.37. The number of nitrogens with zero attached hydrogens (tertiary/aromatic N) is 2. The number of carbonyl (C=O) groups is 1. The highest BCUT2D eigenvalue weighted by molar-refractivity contribution is 5.91. The summed E-state index contributed by atoms with van der Waals surface area (Å²) in [4.78, 5) is 11.8. The summed E-state index contributed by atoms with van der Waals surface area (Å²) >= 11 is 0. The molecule has 1 aliphatic carbocycles. The Balaban J connectivity index is 2.41. The van der Waals surface area contributed by atoms with Crippen molar-refractivity contribution in [2.24, 2.45) is 5.92 Å². The van der Waals surface area contributed by atoms with Gasteiger partial charge >= 0.3 is 12.1 Å². The predicted molar refractivity (Wildman–Crippen MR) is 67.4 cm³/mol. The molecule has 23 heavy (non-hydrogen) atoms. The Bertz CT molecular complexity index is 597. The number of alkyl halides is 5. The van der Waals surface area contributed by atoms with Crippen molar-refractivity contribution >= 4 is 5.97 Å². The van der Waals surface area contributed by atoms with E-state index in [2.05, 4.69) is 14.6 Å². The Labute approximate surface area is 128 Å². The van der Waals surface area contributed by atoms with Crippen LogP contribution in [0.2, 0.25) is 0 Å². The van der Waals surface area contributed by atoms with Crippen molar-refractivity contribution in [2.45, 2.75) is 37.9 Å². The monoisotopic (exact) mass is 342 g/mol. The van der Waals surface area contributed by atoms with Gasteiger partial charge in [-0.3, -0.25) is 4.68 Å². The number of methoxy groups -OCH3 is 2. The van der Waals surface area contributed by atoms with Gasteiger partial charge in [-0.1, -0.05) is 0 Å². The van der Waals surface area contributed by atoms with Crippen LogP contribution in [0, 0.1) is 5.92 Å². The smallest absolute Gasteiger partial charge is 0.438 e. The van der Waals surface area contributed by atoms with Gasteiger partial charge in [0.25, 0.3) is 0 Å². The fraction of sp³-hybridized carbons (Fsp3) is 0.692. The molecule has 0 bridgehead atoms. The molecule has 130 valence electrons. The molecule has 0 radical (unpaired) electrons. The van der Waals surface area contributed by atoms with E-state index in [0.717, 1.165) is 18.9 Å². The minimum atomic E-state index is -4.85. The van der Waals surface area contributed by atoms with Gasteiger partial charge in [-0.25, -0.2) is 13.6 Å². The summed E-state index contributed by atoms with van der Waals surface area (Å²) in [6, 6.07) is 0. The van der Waals surface area contributed by atoms with E-state index in [1.54, 1.807) is 0 Å². The van der Waals surface area contributed by atoms with Gasteiger partial charge in [-0.05, 0) is 12.3 Å². The Morgan fingerprint density at radius 1 is 1.39 bits per heavy atom. The van der Waals surface area contributed by atoms with Crippen LogP contribution in [-0.4, -0.2) is 35.9 Å². The Hall–Kier alpha value is -1.87. The third-order valence-corrected chi connectivity index (χ3v) is 3.70. The van der Waals surface area contributed by atoms with E-state index in [4.69, 9.17) is 0 Å². The molecular formula is C13H15F5N2O3. The van der Waals surface area contributed by atoms with E-state index in [-0.39, 0.29) is 19.4 Å². The Morgan fingerprint density at radius 3 is 2.48 bits per heavy atom. The van der Waals surface area contributed by atoms with Crippen LogP contribution in [0.4, 0.5) is 22.0 Å². The average molecular weight is 342 g/mol. The van der Waals surface area contributed by atoms with Crippen molar-refractivity contribution in [3.63, 3.8) is 0 Å². The fourth-order valence-corrected chi connectivity index (χ4v) is 2.69. The summed E-state index contributed by atoms with van der Waals surface area (Å²) in [5.74, 6) is -5.27. The van der Waals surface area contributed by atoms with Crippen molar-refractivity contribution in [1.82, 2.24) is 9.78 Å². The van der Waals surface area contributed by atoms with Crippen molar-refractivity contribution in [3.05, 3.63) is 11.4 Å². The van der Waals surface area contributed by atoms with E-state index in [1.807, 2.05) is 0 Å². The lowest BCUT2D eigenvalue weighted by molar-refractivity contribution is -0.142. The predicted octanol–water partition coefficient (Wildman–Crippen LogP) is 3.13. The zero-order valence-corrected chi connectivity index (χ0v) is 12.4. The molecule has 1 aliphatic rings. The zero-order valence-electron chi connectivity index (χ0n) is 12.4. The number of halogens is 5. The normalized spacial score (nSPS) is 20.6. The van der Waals surface area contributed by atoms with Crippen LogP contribution in [0.5, 0.6) is 5.75 Å². The molecule has 0 aromatic carbocycles. The second kappa shape index (κ2) is 5.97. The van der Waals surface area contributed by atoms with Crippen LogP contribution in [0.1, 0.15) is 35.4 Å². The van der Waals surface area contributed by atoms with Crippen LogP contribution in [0.3, 0.4) is 0 Å². The van der Waals surface area contributed by atoms with Crippen LogP contribution in [-0.2, 0) is 17.5 Å². The molecule has 1 fully saturated rings. The Morgan fingerprint density at radius 2 is 2.04 bits per heavy atom. The van der Waals surface area contributed by atoms with Gasteiger partial charge in [0.05, 0.1) is 14.2 Å². The van der Waals surface area contributed by atoms with Crippen LogP contribution in [0.15, 0.2) is 0 Å². The molecule has 1 saturated carbocycles. The van der Waals surface area contributed by atoms with Crippen molar-refractivity contribution in [2.75, 3.05) is 14.2 Å². The van der Waals surface area contributed by atoms with Gasteiger partial charge in [-0.15, -0.1) is 0 Å². The Kier molecular flexibility index (Phi) is 4.54. The maximum Gasteiger partial charge on any atom is 0.438 e. The lowest BCUT2D eigenvalue weighted by Gasteiger charge is -2.12. The zero-order chi connectivity index (χ0) is 17.4. The van der Waals surface area contributed by atoms with E-state index < -0.39 is 47.5 Å². The third-order valence-electron chi connectivity index (χ3n) is 3.70. The SMILES string of the molecule is COC(=O)c1c(OC)c(C(F)(F)F)nn1CC1CCC(F)(F)C1. The minimum Gasteiger partial charge on any atom is -0.492 e. The average Bonchev–Trinajstić information content (AvgIpc) is 2.98. The van der Waals surface area contributed by atoms with E-state index >= 15 is 0 Å². The topological polar surface area (TPSA) is 53.4 Å². The van der Waals surface area contributed by atoms with Gasteiger partial charge < -0.3 is 9.47 Å². The highest BCUT2D eigenvalue weighted by atomic mass is 19.4. The molecule has 2 rings (SSSR count). The molecule has 1 atom stereocenters. The fourth-order valence-electron chi connectivity index (χ4n) is 2.69. The number of rotatable bonds is 4. The van der Waals surface area contributed by atoms with E-state index in [9.17, 15) is 26.7 Å². The van der Waals surface area contributed by atoms with Crippen LogP contribution in [0.25, 0.3) is 0 Å². The molecule has 0 spiro atoms. The van der Waals surface area contributed by atoms with E-state index in [0.29, 0.717) is 0 Å². The highest BCUT2D eigenvalue weighted by Gasteiger charge is 2.44. The molecule has 10 heteroatoms. The van der Waals surface area contributed by atoms with Gasteiger partial charge in [0.15, 0.2) is 11.4 Å². The van der Waals surface area contributed by atoms with Gasteiger partial charge in [0, 0.05) is 19.4 Å². The van der Waals surface area contributed by atoms with Crippen molar-refractivity contribution in [1.29, 1.82) is 0 Å². The number of hydrogen-bond acceptors (Lipinski definition) is 4. The number of aromatic nitrogens is 2. The first-order chi connectivity index (χ1) is 10.6. The summed E-state index contributed by atoms with van der Waals surface area (Å²) in [5, 5.41) is 3.35. The summed E-state index contributed by atoms with van der Waals surface area (Å²) in [7, 11) is 1.96. The number of ether oxygens (including phenoxy) is 2. The molecule has 1 unspecified atom stereocenters. The first kappa shape index (κ1) is 17.5. The number of carbonyl (C=O) groups excluding carboxylic acids is 1. The highest BCUT2D eigenvalue weighted by Crippen LogP contribution is 2.41. The molecule has 1 aromatic heterocycles. The van der Waals surface area contributed by atoms with Gasteiger partial charge in [0.1, 0.15) is 0 Å². The van der Waals surface area contributed by atoms with Crippen LogP contribution >= 0.6 is 0 Å².